The van der Waals surface area contributed by atoms with Crippen LogP contribution in [-0.2, 0) is 9.59 Å². The Hall–Kier alpha value is -3.02. The minimum atomic E-state index is -0.142. The Morgan fingerprint density at radius 2 is 1.79 bits per heavy atom. The molecule has 1 N–H and O–H groups in total. The van der Waals surface area contributed by atoms with Gasteiger partial charge in [-0.15, -0.1) is 0 Å². The highest BCUT2D eigenvalue weighted by Crippen LogP contribution is 2.41. The number of amides is 2. The predicted octanol–water partition coefficient (Wildman–Crippen LogP) is 3.47. The summed E-state index contributed by atoms with van der Waals surface area (Å²) in [5.74, 6) is 1.91. The number of carbonyl (C=O) groups is 2. The second-order valence-corrected chi connectivity index (χ2v) is 7.59. The van der Waals surface area contributed by atoms with Crippen molar-refractivity contribution in [3.05, 3.63) is 54.1 Å². The minimum absolute atomic E-state index is 0.000520. The summed E-state index contributed by atoms with van der Waals surface area (Å²) in [4.78, 5) is 26.1. The van der Waals surface area contributed by atoms with Crippen LogP contribution >= 0.6 is 0 Å². The van der Waals surface area contributed by atoms with Crippen LogP contribution in [0.3, 0.4) is 0 Å². The summed E-state index contributed by atoms with van der Waals surface area (Å²) in [7, 11) is 1.64. The fourth-order valence-electron chi connectivity index (χ4n) is 3.72. The first-order valence-electron chi connectivity index (χ1n) is 10.1. The zero-order valence-electron chi connectivity index (χ0n) is 16.6. The maximum absolute atomic E-state index is 12.5. The van der Waals surface area contributed by atoms with Crippen molar-refractivity contribution in [3.63, 3.8) is 0 Å². The van der Waals surface area contributed by atoms with Gasteiger partial charge < -0.3 is 19.7 Å². The second-order valence-electron chi connectivity index (χ2n) is 7.59. The van der Waals surface area contributed by atoms with Crippen LogP contribution in [0.1, 0.15) is 37.3 Å². The van der Waals surface area contributed by atoms with Gasteiger partial charge >= 0.3 is 0 Å². The molecule has 0 radical (unpaired) electrons. The van der Waals surface area contributed by atoms with Gasteiger partial charge in [0.05, 0.1) is 13.2 Å². The highest BCUT2D eigenvalue weighted by atomic mass is 16.5. The Balaban J connectivity index is 1.32. The highest BCUT2D eigenvalue weighted by molar-refractivity contribution is 5.95. The van der Waals surface area contributed by atoms with Gasteiger partial charge in [-0.25, -0.2) is 0 Å². The smallest absolute Gasteiger partial charge is 0.258 e. The van der Waals surface area contributed by atoms with E-state index >= 15 is 0 Å². The van der Waals surface area contributed by atoms with E-state index in [0.29, 0.717) is 18.1 Å². The molecule has 1 saturated heterocycles. The van der Waals surface area contributed by atoms with E-state index in [0.717, 1.165) is 42.8 Å². The van der Waals surface area contributed by atoms with Crippen LogP contribution in [0.4, 0.5) is 5.69 Å². The van der Waals surface area contributed by atoms with Crippen LogP contribution in [-0.4, -0.2) is 32.1 Å². The predicted molar refractivity (Wildman–Crippen MR) is 110 cm³/mol. The van der Waals surface area contributed by atoms with Crippen molar-refractivity contribution in [2.24, 2.45) is 5.92 Å². The molecule has 1 saturated carbocycles. The number of carbonyl (C=O) groups excluding carboxylic acids is 2. The molecule has 6 heteroatoms. The van der Waals surface area contributed by atoms with Gasteiger partial charge in [0.1, 0.15) is 11.5 Å². The van der Waals surface area contributed by atoms with Gasteiger partial charge in [-0.2, -0.15) is 0 Å². The Morgan fingerprint density at radius 1 is 1.10 bits per heavy atom. The number of nitrogens with one attached hydrogen (secondary N) is 1. The molecule has 0 aromatic heterocycles. The third-order valence-corrected chi connectivity index (χ3v) is 5.48. The first-order valence-corrected chi connectivity index (χ1v) is 10.1. The number of hydrogen-bond donors (Lipinski definition) is 1. The Morgan fingerprint density at radius 3 is 2.38 bits per heavy atom. The SMILES string of the molecule is COc1ccc([C@@H](NC(=O)COc2ccc(N3CCCC3=O)cc2)C2CC2)cc1. The Bertz CT molecular complexity index is 859. The molecule has 0 bridgehead atoms. The van der Waals surface area contributed by atoms with Crippen molar-refractivity contribution in [2.45, 2.75) is 31.7 Å². The highest BCUT2D eigenvalue weighted by Gasteiger charge is 2.33. The summed E-state index contributed by atoms with van der Waals surface area (Å²) in [5, 5.41) is 3.11. The molecule has 2 aliphatic rings. The van der Waals surface area contributed by atoms with Gasteiger partial charge in [0.25, 0.3) is 5.91 Å². The van der Waals surface area contributed by atoms with Crippen LogP contribution in [0, 0.1) is 5.92 Å². The van der Waals surface area contributed by atoms with Crippen molar-refractivity contribution >= 4 is 17.5 Å². The molecule has 2 aromatic rings. The van der Waals surface area contributed by atoms with Crippen LogP contribution in [0.15, 0.2) is 48.5 Å². The number of methoxy groups -OCH3 is 1. The van der Waals surface area contributed by atoms with Crippen LogP contribution in [0.5, 0.6) is 11.5 Å². The molecular weight excluding hydrogens is 368 g/mol. The molecule has 2 fully saturated rings. The van der Waals surface area contributed by atoms with Crippen LogP contribution in [0.25, 0.3) is 0 Å². The monoisotopic (exact) mass is 394 g/mol. The van der Waals surface area contributed by atoms with Gasteiger partial charge in [0, 0.05) is 18.7 Å². The van der Waals surface area contributed by atoms with Crippen LogP contribution < -0.4 is 19.7 Å². The molecule has 4 rings (SSSR count). The number of hydrogen-bond acceptors (Lipinski definition) is 4. The molecule has 1 heterocycles. The lowest BCUT2D eigenvalue weighted by atomic mass is 10.0. The average Bonchev–Trinajstić information content (AvgIpc) is 3.51. The van der Waals surface area contributed by atoms with E-state index in [2.05, 4.69) is 5.32 Å². The fraction of sp³-hybridized carbons (Fsp3) is 0.391. The van der Waals surface area contributed by atoms with E-state index in [1.54, 1.807) is 24.1 Å². The summed E-state index contributed by atoms with van der Waals surface area (Å²) in [6, 6.07) is 15.2. The lowest BCUT2D eigenvalue weighted by Gasteiger charge is -2.19. The maximum Gasteiger partial charge on any atom is 0.258 e. The molecule has 2 aromatic carbocycles. The number of benzene rings is 2. The topological polar surface area (TPSA) is 67.9 Å². The molecule has 1 aliphatic heterocycles. The van der Waals surface area contributed by atoms with Gasteiger partial charge in [0.15, 0.2) is 6.61 Å². The summed E-state index contributed by atoms with van der Waals surface area (Å²) in [6.07, 6.45) is 3.74. The molecule has 0 spiro atoms. The molecule has 29 heavy (non-hydrogen) atoms. The van der Waals surface area contributed by atoms with Crippen molar-refractivity contribution in [3.8, 4) is 11.5 Å². The van der Waals surface area contributed by atoms with E-state index in [9.17, 15) is 9.59 Å². The number of ether oxygens (including phenoxy) is 2. The first kappa shape index (κ1) is 19.3. The summed E-state index contributed by atoms with van der Waals surface area (Å²) in [5.41, 5.74) is 1.96. The molecule has 0 unspecified atom stereocenters. The largest absolute Gasteiger partial charge is 0.497 e. The van der Waals surface area contributed by atoms with Crippen molar-refractivity contribution in [1.82, 2.24) is 5.32 Å². The van der Waals surface area contributed by atoms with Crippen molar-refractivity contribution in [1.29, 1.82) is 0 Å². The van der Waals surface area contributed by atoms with Crippen LogP contribution in [0.2, 0.25) is 0 Å². The lowest BCUT2D eigenvalue weighted by molar-refractivity contribution is -0.124. The zero-order chi connectivity index (χ0) is 20.2. The molecule has 152 valence electrons. The Kier molecular flexibility index (Phi) is 5.69. The quantitative estimate of drug-likeness (QED) is 0.744. The molecule has 6 nitrogen and oxygen atoms in total. The molecular formula is C23H26N2O4. The number of rotatable bonds is 8. The van der Waals surface area contributed by atoms with Crippen molar-refractivity contribution in [2.75, 3.05) is 25.2 Å². The van der Waals surface area contributed by atoms with E-state index < -0.39 is 0 Å². The van der Waals surface area contributed by atoms with E-state index in [-0.39, 0.29) is 24.5 Å². The maximum atomic E-state index is 12.5. The average molecular weight is 394 g/mol. The standard InChI is InChI=1S/C23H26N2O4/c1-28-19-10-6-17(7-11-19)23(16-4-5-16)24-21(26)15-29-20-12-8-18(9-13-20)25-14-2-3-22(25)27/h6-13,16,23H,2-5,14-15H2,1H3,(H,24,26)/t23-/m0/s1. The normalized spacial score (nSPS) is 17.1. The number of nitrogens with zero attached hydrogens (tertiary/aromatic N) is 1. The summed E-state index contributed by atoms with van der Waals surface area (Å²) in [6.45, 7) is 0.719. The minimum Gasteiger partial charge on any atom is -0.497 e. The van der Waals surface area contributed by atoms with E-state index in [4.69, 9.17) is 9.47 Å². The Labute approximate surface area is 170 Å². The van der Waals surface area contributed by atoms with E-state index in [1.807, 2.05) is 36.4 Å². The third kappa shape index (κ3) is 4.70. The van der Waals surface area contributed by atoms with Gasteiger partial charge in [-0.3, -0.25) is 9.59 Å². The lowest BCUT2D eigenvalue weighted by Crippen LogP contribution is -2.33. The third-order valence-electron chi connectivity index (χ3n) is 5.48. The number of anilines is 1. The van der Waals surface area contributed by atoms with Gasteiger partial charge in [-0.05, 0) is 67.1 Å². The fourth-order valence-corrected chi connectivity index (χ4v) is 3.72. The summed E-state index contributed by atoms with van der Waals surface area (Å²) >= 11 is 0. The zero-order valence-corrected chi connectivity index (χ0v) is 16.6. The van der Waals surface area contributed by atoms with Crippen molar-refractivity contribution < 1.29 is 19.1 Å². The van der Waals surface area contributed by atoms with Gasteiger partial charge in [0.2, 0.25) is 5.91 Å². The second kappa shape index (κ2) is 8.55. The summed E-state index contributed by atoms with van der Waals surface area (Å²) < 4.78 is 10.9. The molecule has 2 amide bonds. The molecule has 1 aliphatic carbocycles. The van der Waals surface area contributed by atoms with E-state index in [1.165, 1.54) is 0 Å². The van der Waals surface area contributed by atoms with Gasteiger partial charge in [-0.1, -0.05) is 12.1 Å². The first-order chi connectivity index (χ1) is 14.1. The molecule has 1 atom stereocenters.